The minimum Gasteiger partial charge on any atom is -0.380 e. The van der Waals surface area contributed by atoms with Crippen LogP contribution in [0.2, 0.25) is 0 Å². The molecule has 0 fully saturated rings. The van der Waals surface area contributed by atoms with E-state index in [1.54, 1.807) is 7.11 Å². The predicted octanol–water partition coefficient (Wildman–Crippen LogP) is 0.627. The van der Waals surface area contributed by atoms with E-state index in [4.69, 9.17) is 12.6 Å². The van der Waals surface area contributed by atoms with Crippen molar-refractivity contribution in [3.8, 4) is 0 Å². The number of benzene rings is 1. The van der Waals surface area contributed by atoms with Gasteiger partial charge in [0.15, 0.2) is 0 Å². The fraction of sp³-hybridized carbons (Fsp3) is 0.250. The second-order valence-electron chi connectivity index (χ2n) is 2.13. The van der Waals surface area contributed by atoms with Crippen molar-refractivity contribution < 1.29 is 4.74 Å². The molecule has 0 saturated carbocycles. The molecule has 0 atom stereocenters. The molecule has 0 aliphatic rings. The maximum atomic E-state index is 5.63. The first-order valence-electron chi connectivity index (χ1n) is 3.17. The van der Waals surface area contributed by atoms with Crippen molar-refractivity contribution in [3.63, 3.8) is 0 Å². The largest absolute Gasteiger partial charge is 0.380 e. The fourth-order valence-electron chi connectivity index (χ4n) is 0.821. The second-order valence-corrected chi connectivity index (χ2v) is 2.13. The van der Waals surface area contributed by atoms with Crippen molar-refractivity contribution in [1.29, 1.82) is 0 Å². The fourth-order valence-corrected chi connectivity index (χ4v) is 0.821. The molecule has 2 heteroatoms. The van der Waals surface area contributed by atoms with Crippen molar-refractivity contribution in [2.24, 2.45) is 0 Å². The first-order chi connectivity index (χ1) is 4.84. The topological polar surface area (TPSA) is 9.23 Å². The van der Waals surface area contributed by atoms with Gasteiger partial charge in [-0.15, -0.1) is 0 Å². The first kappa shape index (κ1) is 7.35. The predicted molar refractivity (Wildman–Crippen MR) is 42.5 cm³/mol. The highest BCUT2D eigenvalue weighted by Gasteiger charge is 1.92. The Morgan fingerprint density at radius 1 is 1.40 bits per heavy atom. The summed E-state index contributed by atoms with van der Waals surface area (Å²) >= 11 is 0. The molecule has 0 bridgehead atoms. The third-order valence-corrected chi connectivity index (χ3v) is 1.35. The molecule has 0 aliphatic heterocycles. The van der Waals surface area contributed by atoms with Gasteiger partial charge in [-0.05, 0) is 5.56 Å². The number of methoxy groups -OCH3 is 1. The third kappa shape index (κ3) is 1.61. The summed E-state index contributed by atoms with van der Waals surface area (Å²) < 4.78 is 4.93. The lowest BCUT2D eigenvalue weighted by atomic mass is 9.91. The Labute approximate surface area is 62.4 Å². The van der Waals surface area contributed by atoms with Gasteiger partial charge in [0.2, 0.25) is 0 Å². The molecule has 1 aromatic rings. The van der Waals surface area contributed by atoms with E-state index in [0.717, 1.165) is 11.0 Å². The molecule has 0 aromatic heterocycles. The lowest BCUT2D eigenvalue weighted by Gasteiger charge is -2.02. The molecule has 1 aromatic carbocycles. The van der Waals surface area contributed by atoms with E-state index in [1.807, 2.05) is 24.3 Å². The average molecular weight is 132 g/mol. The quantitative estimate of drug-likeness (QED) is 0.536. The van der Waals surface area contributed by atoms with E-state index in [0.29, 0.717) is 6.61 Å². The molecule has 1 rings (SSSR count). The standard InChI is InChI=1S/C8H9BO/c1-10-6-7-4-2-3-5-8(7)9/h2-5H,6H2,1H3. The van der Waals surface area contributed by atoms with Crippen LogP contribution in [0.3, 0.4) is 0 Å². The highest BCUT2D eigenvalue weighted by atomic mass is 16.5. The van der Waals surface area contributed by atoms with E-state index in [1.165, 1.54) is 0 Å². The van der Waals surface area contributed by atoms with Crippen molar-refractivity contribution in [2.45, 2.75) is 6.61 Å². The summed E-state index contributed by atoms with van der Waals surface area (Å²) in [5, 5.41) is 0. The summed E-state index contributed by atoms with van der Waals surface area (Å²) in [4.78, 5) is 0. The van der Waals surface area contributed by atoms with Gasteiger partial charge in [0.25, 0.3) is 0 Å². The van der Waals surface area contributed by atoms with Crippen LogP contribution in [0.4, 0.5) is 0 Å². The molecule has 0 heterocycles. The van der Waals surface area contributed by atoms with Gasteiger partial charge in [-0.2, -0.15) is 0 Å². The highest BCUT2D eigenvalue weighted by Crippen LogP contribution is 1.94. The Bertz CT molecular complexity index is 210. The molecule has 1 nitrogen and oxygen atoms in total. The Morgan fingerprint density at radius 3 is 2.70 bits per heavy atom. The van der Waals surface area contributed by atoms with Gasteiger partial charge in [-0.1, -0.05) is 29.7 Å². The van der Waals surface area contributed by atoms with Crippen LogP contribution >= 0.6 is 0 Å². The summed E-state index contributed by atoms with van der Waals surface area (Å²) in [6.07, 6.45) is 0. The number of hydrogen-bond donors (Lipinski definition) is 0. The molecular weight excluding hydrogens is 123 g/mol. The smallest absolute Gasteiger partial charge is 0.114 e. The van der Waals surface area contributed by atoms with E-state index in [2.05, 4.69) is 0 Å². The molecule has 0 N–H and O–H groups in total. The van der Waals surface area contributed by atoms with Crippen LogP contribution < -0.4 is 5.46 Å². The number of rotatable bonds is 2. The summed E-state index contributed by atoms with van der Waals surface area (Å²) in [6, 6.07) is 7.69. The molecule has 0 aliphatic carbocycles. The van der Waals surface area contributed by atoms with Crippen LogP contribution in [0.1, 0.15) is 5.56 Å². The molecule has 0 unspecified atom stereocenters. The summed E-state index contributed by atoms with van der Waals surface area (Å²) in [5.74, 6) is 0. The van der Waals surface area contributed by atoms with Crippen molar-refractivity contribution >= 4 is 13.3 Å². The SMILES string of the molecule is [B]c1ccccc1COC. The van der Waals surface area contributed by atoms with Gasteiger partial charge in [-0.3, -0.25) is 0 Å². The molecular formula is C8H9BO. The molecule has 50 valence electrons. The summed E-state index contributed by atoms with van der Waals surface area (Å²) in [5.41, 5.74) is 1.84. The monoisotopic (exact) mass is 132 g/mol. The zero-order chi connectivity index (χ0) is 7.40. The molecule has 0 saturated heterocycles. The maximum Gasteiger partial charge on any atom is 0.114 e. The van der Waals surface area contributed by atoms with Gasteiger partial charge in [0.05, 0.1) is 6.61 Å². The minimum atomic E-state index is 0.590. The molecule has 2 radical (unpaired) electrons. The van der Waals surface area contributed by atoms with Crippen LogP contribution in [0, 0.1) is 0 Å². The van der Waals surface area contributed by atoms with Gasteiger partial charge < -0.3 is 4.74 Å². The normalized spacial score (nSPS) is 9.70. The number of hydrogen-bond acceptors (Lipinski definition) is 1. The highest BCUT2D eigenvalue weighted by molar-refractivity contribution is 6.33. The Balaban J connectivity index is 2.81. The maximum absolute atomic E-state index is 5.63. The lowest BCUT2D eigenvalue weighted by Crippen LogP contribution is -2.09. The van der Waals surface area contributed by atoms with Gasteiger partial charge in [-0.25, -0.2) is 0 Å². The van der Waals surface area contributed by atoms with Crippen molar-refractivity contribution in [1.82, 2.24) is 0 Å². The lowest BCUT2D eigenvalue weighted by molar-refractivity contribution is 0.185. The van der Waals surface area contributed by atoms with Crippen LogP contribution in [-0.2, 0) is 11.3 Å². The summed E-state index contributed by atoms with van der Waals surface area (Å²) in [6.45, 7) is 0.590. The number of ether oxygens (including phenoxy) is 1. The van der Waals surface area contributed by atoms with Crippen LogP contribution in [0.15, 0.2) is 24.3 Å². The van der Waals surface area contributed by atoms with E-state index < -0.39 is 0 Å². The van der Waals surface area contributed by atoms with Crippen molar-refractivity contribution in [2.75, 3.05) is 7.11 Å². The van der Waals surface area contributed by atoms with Crippen LogP contribution in [0.25, 0.3) is 0 Å². The van der Waals surface area contributed by atoms with Gasteiger partial charge in [0, 0.05) is 7.11 Å². The van der Waals surface area contributed by atoms with Gasteiger partial charge in [0.1, 0.15) is 7.85 Å². The van der Waals surface area contributed by atoms with E-state index in [9.17, 15) is 0 Å². The van der Waals surface area contributed by atoms with E-state index in [-0.39, 0.29) is 0 Å². The Morgan fingerprint density at radius 2 is 2.10 bits per heavy atom. The molecule has 0 amide bonds. The zero-order valence-corrected chi connectivity index (χ0v) is 6.00. The van der Waals surface area contributed by atoms with Crippen molar-refractivity contribution in [3.05, 3.63) is 29.8 Å². The zero-order valence-electron chi connectivity index (χ0n) is 6.00. The Kier molecular flexibility index (Phi) is 2.52. The first-order valence-corrected chi connectivity index (χ1v) is 3.17. The minimum absolute atomic E-state index is 0.590. The molecule has 0 spiro atoms. The summed E-state index contributed by atoms with van der Waals surface area (Å²) in [7, 11) is 7.29. The van der Waals surface area contributed by atoms with Crippen LogP contribution in [0.5, 0.6) is 0 Å². The third-order valence-electron chi connectivity index (χ3n) is 1.35. The van der Waals surface area contributed by atoms with Gasteiger partial charge >= 0.3 is 0 Å². The average Bonchev–Trinajstić information content (AvgIpc) is 1.94. The Hall–Kier alpha value is -0.755. The van der Waals surface area contributed by atoms with Crippen LogP contribution in [-0.4, -0.2) is 15.0 Å². The second kappa shape index (κ2) is 3.42. The molecule has 10 heavy (non-hydrogen) atoms. The van der Waals surface area contributed by atoms with E-state index >= 15 is 0 Å².